The Morgan fingerprint density at radius 3 is 2.50 bits per heavy atom. The molecule has 1 N–H and O–H groups in total. The van der Waals surface area contributed by atoms with Crippen LogP contribution in [0.2, 0.25) is 5.02 Å². The minimum absolute atomic E-state index is 0.180. The first kappa shape index (κ1) is 11.8. The number of nitrogens with zero attached hydrogens (tertiary/aromatic N) is 2. The second-order valence-electron chi connectivity index (χ2n) is 5.05. The molecule has 18 heavy (non-hydrogen) atoms. The Labute approximate surface area is 112 Å². The van der Waals surface area contributed by atoms with E-state index < -0.39 is 0 Å². The molecular formula is C14H16ClN3. The summed E-state index contributed by atoms with van der Waals surface area (Å²) in [7, 11) is 1.96. The van der Waals surface area contributed by atoms with Gasteiger partial charge in [0.05, 0.1) is 5.69 Å². The van der Waals surface area contributed by atoms with Crippen LogP contribution in [-0.4, -0.2) is 22.9 Å². The molecule has 2 heterocycles. The number of rotatable bonds is 3. The highest BCUT2D eigenvalue weighted by atomic mass is 35.5. The third-order valence-electron chi connectivity index (χ3n) is 3.67. The van der Waals surface area contributed by atoms with E-state index in [9.17, 15) is 0 Å². The van der Waals surface area contributed by atoms with E-state index in [1.165, 1.54) is 5.56 Å². The Hall–Kier alpha value is -1.32. The summed E-state index contributed by atoms with van der Waals surface area (Å²) in [6.07, 6.45) is 2.97. The first-order chi connectivity index (χ1) is 8.68. The zero-order valence-electron chi connectivity index (χ0n) is 10.4. The molecule has 3 nitrogen and oxygen atoms in total. The van der Waals surface area contributed by atoms with Crippen LogP contribution in [0.4, 0.5) is 0 Å². The SMILES string of the molecule is Cn1ccc(CC2(c3ccc(Cl)cc3)CNC2)n1. The van der Waals surface area contributed by atoms with Gasteiger partial charge >= 0.3 is 0 Å². The van der Waals surface area contributed by atoms with Gasteiger partial charge in [-0.15, -0.1) is 0 Å². The smallest absolute Gasteiger partial charge is 0.0634 e. The van der Waals surface area contributed by atoms with Crippen molar-refractivity contribution in [3.05, 3.63) is 52.8 Å². The third-order valence-corrected chi connectivity index (χ3v) is 3.92. The Morgan fingerprint density at radius 2 is 2.00 bits per heavy atom. The normalized spacial score (nSPS) is 17.4. The summed E-state index contributed by atoms with van der Waals surface area (Å²) >= 11 is 5.96. The quantitative estimate of drug-likeness (QED) is 0.918. The van der Waals surface area contributed by atoms with Crippen molar-refractivity contribution in [2.24, 2.45) is 7.05 Å². The largest absolute Gasteiger partial charge is 0.315 e. The number of hydrogen-bond donors (Lipinski definition) is 1. The summed E-state index contributed by atoms with van der Waals surface area (Å²) in [6.45, 7) is 2.01. The van der Waals surface area contributed by atoms with Crippen LogP contribution in [0.25, 0.3) is 0 Å². The maximum atomic E-state index is 5.96. The van der Waals surface area contributed by atoms with E-state index >= 15 is 0 Å². The van der Waals surface area contributed by atoms with E-state index in [1.54, 1.807) is 0 Å². The number of benzene rings is 1. The lowest BCUT2D eigenvalue weighted by atomic mass is 9.72. The lowest BCUT2D eigenvalue weighted by Crippen LogP contribution is -2.58. The van der Waals surface area contributed by atoms with Crippen molar-refractivity contribution in [3.8, 4) is 0 Å². The molecule has 3 rings (SSSR count). The van der Waals surface area contributed by atoms with E-state index in [0.29, 0.717) is 0 Å². The summed E-state index contributed by atoms with van der Waals surface area (Å²) in [5.74, 6) is 0. The molecular weight excluding hydrogens is 246 g/mol. The van der Waals surface area contributed by atoms with Crippen LogP contribution in [0.15, 0.2) is 36.5 Å². The van der Waals surface area contributed by atoms with Gasteiger partial charge in [-0.05, 0) is 23.8 Å². The molecule has 0 bridgehead atoms. The summed E-state index contributed by atoms with van der Waals surface area (Å²) in [5.41, 5.74) is 2.67. The van der Waals surface area contributed by atoms with Crippen LogP contribution in [0.5, 0.6) is 0 Å². The molecule has 0 aliphatic carbocycles. The van der Waals surface area contributed by atoms with Crippen LogP contribution < -0.4 is 5.32 Å². The molecule has 0 unspecified atom stereocenters. The van der Waals surface area contributed by atoms with Crippen LogP contribution >= 0.6 is 11.6 Å². The van der Waals surface area contributed by atoms with Gasteiger partial charge in [-0.2, -0.15) is 5.10 Å². The van der Waals surface area contributed by atoms with Gasteiger partial charge in [-0.3, -0.25) is 4.68 Å². The van der Waals surface area contributed by atoms with Crippen LogP contribution in [-0.2, 0) is 18.9 Å². The van der Waals surface area contributed by atoms with E-state index in [0.717, 1.165) is 30.2 Å². The molecule has 1 aromatic heterocycles. The maximum Gasteiger partial charge on any atom is 0.0634 e. The Bertz CT molecular complexity index is 540. The second kappa shape index (κ2) is 4.41. The van der Waals surface area contributed by atoms with E-state index in [2.05, 4.69) is 28.6 Å². The maximum absolute atomic E-state index is 5.96. The highest BCUT2D eigenvalue weighted by Gasteiger charge is 2.39. The molecule has 1 aliphatic rings. The Kier molecular flexibility index (Phi) is 2.88. The van der Waals surface area contributed by atoms with Gasteiger partial charge in [0.25, 0.3) is 0 Å². The van der Waals surface area contributed by atoms with Gasteiger partial charge in [0.1, 0.15) is 0 Å². The van der Waals surface area contributed by atoms with Gasteiger partial charge in [-0.25, -0.2) is 0 Å². The van der Waals surface area contributed by atoms with Gasteiger partial charge < -0.3 is 5.32 Å². The van der Waals surface area contributed by atoms with Crippen molar-refractivity contribution < 1.29 is 0 Å². The van der Waals surface area contributed by atoms with Crippen molar-refractivity contribution in [2.45, 2.75) is 11.8 Å². The number of aryl methyl sites for hydroxylation is 1. The number of halogens is 1. The number of nitrogens with one attached hydrogen (secondary N) is 1. The Morgan fingerprint density at radius 1 is 1.28 bits per heavy atom. The minimum atomic E-state index is 0.180. The highest BCUT2D eigenvalue weighted by Crippen LogP contribution is 2.32. The number of aromatic nitrogens is 2. The number of hydrogen-bond acceptors (Lipinski definition) is 2. The van der Waals surface area contributed by atoms with Gasteiger partial charge in [0.2, 0.25) is 0 Å². The van der Waals surface area contributed by atoms with Crippen molar-refractivity contribution >= 4 is 11.6 Å². The predicted molar refractivity (Wildman–Crippen MR) is 72.9 cm³/mol. The molecule has 2 aromatic rings. The molecule has 0 atom stereocenters. The topological polar surface area (TPSA) is 29.9 Å². The molecule has 0 amide bonds. The lowest BCUT2D eigenvalue weighted by molar-refractivity contribution is 0.272. The molecule has 0 radical (unpaired) electrons. The summed E-state index contributed by atoms with van der Waals surface area (Å²) < 4.78 is 1.86. The van der Waals surface area contributed by atoms with Crippen LogP contribution in [0.1, 0.15) is 11.3 Å². The fourth-order valence-electron chi connectivity index (χ4n) is 2.57. The van der Waals surface area contributed by atoms with Gasteiger partial charge in [-0.1, -0.05) is 23.7 Å². The van der Waals surface area contributed by atoms with Crippen LogP contribution in [0.3, 0.4) is 0 Å². The van der Waals surface area contributed by atoms with Crippen molar-refractivity contribution in [1.29, 1.82) is 0 Å². The monoisotopic (exact) mass is 261 g/mol. The molecule has 1 fully saturated rings. The molecule has 1 aromatic carbocycles. The van der Waals surface area contributed by atoms with Crippen molar-refractivity contribution in [1.82, 2.24) is 15.1 Å². The fraction of sp³-hybridized carbons (Fsp3) is 0.357. The second-order valence-corrected chi connectivity index (χ2v) is 5.48. The molecule has 0 saturated carbocycles. The van der Waals surface area contributed by atoms with Crippen molar-refractivity contribution in [3.63, 3.8) is 0 Å². The molecule has 1 saturated heterocycles. The highest BCUT2D eigenvalue weighted by molar-refractivity contribution is 6.30. The first-order valence-electron chi connectivity index (χ1n) is 6.13. The molecule has 4 heteroatoms. The van der Waals surface area contributed by atoms with Gasteiger partial charge in [0, 0.05) is 43.2 Å². The molecule has 94 valence electrons. The zero-order chi connectivity index (χ0) is 12.6. The zero-order valence-corrected chi connectivity index (χ0v) is 11.1. The van der Waals surface area contributed by atoms with Crippen LogP contribution in [0, 0.1) is 0 Å². The minimum Gasteiger partial charge on any atom is -0.315 e. The standard InChI is InChI=1S/C14H16ClN3/c1-18-7-6-13(17-18)8-14(9-16-10-14)11-2-4-12(15)5-3-11/h2-7,16H,8-10H2,1H3. The average molecular weight is 262 g/mol. The summed E-state index contributed by atoms with van der Waals surface area (Å²) in [6, 6.07) is 10.3. The third kappa shape index (κ3) is 2.04. The van der Waals surface area contributed by atoms with E-state index in [4.69, 9.17) is 11.6 Å². The van der Waals surface area contributed by atoms with E-state index in [1.807, 2.05) is 30.1 Å². The fourth-order valence-corrected chi connectivity index (χ4v) is 2.69. The molecule has 1 aliphatic heterocycles. The van der Waals surface area contributed by atoms with Gasteiger partial charge in [0.15, 0.2) is 0 Å². The predicted octanol–water partition coefficient (Wildman–Crippen LogP) is 2.16. The van der Waals surface area contributed by atoms with Crippen molar-refractivity contribution in [2.75, 3.05) is 13.1 Å². The summed E-state index contributed by atoms with van der Waals surface area (Å²) in [5, 5.41) is 8.65. The Balaban J connectivity index is 1.88. The van der Waals surface area contributed by atoms with E-state index in [-0.39, 0.29) is 5.41 Å². The molecule has 0 spiro atoms. The summed E-state index contributed by atoms with van der Waals surface area (Å²) in [4.78, 5) is 0. The lowest BCUT2D eigenvalue weighted by Gasteiger charge is -2.43. The average Bonchev–Trinajstić information content (AvgIpc) is 2.71. The first-order valence-corrected chi connectivity index (χ1v) is 6.51.